The van der Waals surface area contributed by atoms with Crippen molar-refractivity contribution in [1.82, 2.24) is 5.32 Å². The second kappa shape index (κ2) is 7.58. The van der Waals surface area contributed by atoms with Gasteiger partial charge in [0.05, 0.1) is 17.2 Å². The Bertz CT molecular complexity index is 666. The summed E-state index contributed by atoms with van der Waals surface area (Å²) in [6.45, 7) is 9.70. The summed E-state index contributed by atoms with van der Waals surface area (Å²) in [4.78, 5) is 17.8. The van der Waals surface area contributed by atoms with Crippen LogP contribution in [0.1, 0.15) is 66.2 Å². The number of nitrogens with one attached hydrogen (secondary N) is 1. The maximum absolute atomic E-state index is 12.9. The van der Waals surface area contributed by atoms with Gasteiger partial charge in [-0.15, -0.1) is 0 Å². The van der Waals surface area contributed by atoms with Crippen LogP contribution >= 0.6 is 0 Å². The molecule has 4 aliphatic rings. The van der Waals surface area contributed by atoms with Crippen LogP contribution < -0.4 is 5.32 Å². The number of fused-ring (bicyclic) bond motifs is 1. The summed E-state index contributed by atoms with van der Waals surface area (Å²) < 4.78 is 18.1. The molecule has 1 aliphatic carbocycles. The van der Waals surface area contributed by atoms with Gasteiger partial charge in [0, 0.05) is 19.3 Å². The van der Waals surface area contributed by atoms with Gasteiger partial charge in [0.25, 0.3) is 5.91 Å². The summed E-state index contributed by atoms with van der Waals surface area (Å²) >= 11 is 0. The molecular formula is C21H33BN2O4. The lowest BCUT2D eigenvalue weighted by molar-refractivity contribution is -0.116. The van der Waals surface area contributed by atoms with Crippen LogP contribution in [0.2, 0.25) is 0 Å². The standard InChI is InChI=1S/C21H33BN2O4/c1-20(2)21(3,4)28-22(27-20)16-13-18(24-17-8-6-5-7-15(16)17)19(25)23-14-9-11-26-12-10-14/h13-15,17H,5-12H2,1-4H3,(H,23,25). The van der Waals surface area contributed by atoms with Gasteiger partial charge in [0.1, 0.15) is 5.71 Å². The number of hydrogen-bond acceptors (Lipinski definition) is 5. The SMILES string of the molecule is CC1(C)OB(C2=CC(C(=O)NC3CCOCC3)=NC3CCCCC23)OC1(C)C. The minimum Gasteiger partial charge on any atom is -0.400 e. The van der Waals surface area contributed by atoms with Crippen molar-refractivity contribution in [3.05, 3.63) is 11.5 Å². The van der Waals surface area contributed by atoms with Gasteiger partial charge in [-0.25, -0.2) is 0 Å². The Morgan fingerprint density at radius 3 is 2.39 bits per heavy atom. The Balaban J connectivity index is 1.57. The van der Waals surface area contributed by atoms with E-state index in [2.05, 4.69) is 33.0 Å². The van der Waals surface area contributed by atoms with Gasteiger partial charge in [-0.2, -0.15) is 0 Å². The third kappa shape index (κ3) is 3.81. The Kier molecular flexibility index (Phi) is 5.44. The summed E-state index contributed by atoms with van der Waals surface area (Å²) in [7, 11) is -0.406. The fourth-order valence-corrected chi connectivity index (χ4v) is 4.58. The number of dihydropyridines is 1. The van der Waals surface area contributed by atoms with Gasteiger partial charge in [0.15, 0.2) is 0 Å². The highest BCUT2D eigenvalue weighted by Crippen LogP contribution is 2.43. The average Bonchev–Trinajstić information content (AvgIpc) is 2.89. The molecule has 4 rings (SSSR count). The van der Waals surface area contributed by atoms with E-state index in [4.69, 9.17) is 19.0 Å². The normalized spacial score (nSPS) is 32.4. The zero-order valence-electron chi connectivity index (χ0n) is 17.6. The first kappa shape index (κ1) is 20.1. The minimum absolute atomic E-state index is 0.0788. The van der Waals surface area contributed by atoms with Gasteiger partial charge in [-0.3, -0.25) is 9.79 Å². The maximum atomic E-state index is 12.9. The predicted molar refractivity (Wildman–Crippen MR) is 109 cm³/mol. The lowest BCUT2D eigenvalue weighted by Crippen LogP contribution is -2.45. The number of aliphatic imine (C=N–C) groups is 1. The molecule has 0 aromatic heterocycles. The van der Waals surface area contributed by atoms with Crippen LogP contribution in [0.5, 0.6) is 0 Å². The van der Waals surface area contributed by atoms with E-state index in [9.17, 15) is 4.79 Å². The Morgan fingerprint density at radius 1 is 1.07 bits per heavy atom. The van der Waals surface area contributed by atoms with E-state index in [1.807, 2.05) is 6.08 Å². The highest BCUT2D eigenvalue weighted by molar-refractivity contribution is 6.57. The van der Waals surface area contributed by atoms with E-state index in [-0.39, 0.29) is 29.2 Å². The lowest BCUT2D eigenvalue weighted by Gasteiger charge is -2.35. The van der Waals surface area contributed by atoms with Crippen molar-refractivity contribution in [1.29, 1.82) is 0 Å². The number of rotatable bonds is 3. The number of amides is 1. The van der Waals surface area contributed by atoms with Crippen LogP contribution in [0.15, 0.2) is 16.5 Å². The highest BCUT2D eigenvalue weighted by atomic mass is 16.7. The fourth-order valence-electron chi connectivity index (χ4n) is 4.58. The zero-order chi connectivity index (χ0) is 19.9. The van der Waals surface area contributed by atoms with Gasteiger partial charge in [0.2, 0.25) is 0 Å². The number of hydrogen-bond donors (Lipinski definition) is 1. The molecule has 1 saturated carbocycles. The van der Waals surface area contributed by atoms with E-state index in [0.29, 0.717) is 24.8 Å². The summed E-state index contributed by atoms with van der Waals surface area (Å²) in [6, 6.07) is 0.324. The van der Waals surface area contributed by atoms with Crippen LogP contribution in [0.4, 0.5) is 0 Å². The Hall–Kier alpha value is -1.18. The third-order valence-corrected chi connectivity index (χ3v) is 7.08. The van der Waals surface area contributed by atoms with Crippen LogP contribution in [0.3, 0.4) is 0 Å². The van der Waals surface area contributed by atoms with Crippen molar-refractivity contribution >= 4 is 18.7 Å². The fraction of sp³-hybridized carbons (Fsp3) is 0.810. The van der Waals surface area contributed by atoms with Crippen LogP contribution in [0, 0.1) is 5.92 Å². The molecule has 2 unspecified atom stereocenters. The molecule has 154 valence electrons. The number of ether oxygens (including phenoxy) is 1. The zero-order valence-corrected chi connectivity index (χ0v) is 17.6. The van der Waals surface area contributed by atoms with E-state index in [1.54, 1.807) is 0 Å². The summed E-state index contributed by atoms with van der Waals surface area (Å²) in [5.41, 5.74) is 0.846. The van der Waals surface area contributed by atoms with Crippen LogP contribution in [-0.2, 0) is 18.8 Å². The average molecular weight is 388 g/mol. The van der Waals surface area contributed by atoms with Crippen LogP contribution in [-0.4, -0.2) is 55.2 Å². The van der Waals surface area contributed by atoms with Gasteiger partial charge in [-0.05, 0) is 70.8 Å². The van der Waals surface area contributed by atoms with Crippen molar-refractivity contribution < 1.29 is 18.8 Å². The van der Waals surface area contributed by atoms with E-state index in [0.717, 1.165) is 37.6 Å². The molecule has 6 nitrogen and oxygen atoms in total. The summed E-state index contributed by atoms with van der Waals surface area (Å²) in [5, 5.41) is 3.15. The number of carbonyl (C=O) groups excluding carboxylic acids is 1. The first-order valence-corrected chi connectivity index (χ1v) is 10.8. The van der Waals surface area contributed by atoms with Crippen LogP contribution in [0.25, 0.3) is 0 Å². The monoisotopic (exact) mass is 388 g/mol. The highest BCUT2D eigenvalue weighted by Gasteiger charge is 2.54. The van der Waals surface area contributed by atoms with Gasteiger partial charge < -0.3 is 19.4 Å². The topological polar surface area (TPSA) is 69.2 Å². The molecule has 0 aromatic rings. The summed E-state index contributed by atoms with van der Waals surface area (Å²) in [5.74, 6) is 0.230. The van der Waals surface area contributed by atoms with Crippen molar-refractivity contribution in [3.8, 4) is 0 Å². The molecule has 1 N–H and O–H groups in total. The van der Waals surface area contributed by atoms with Crippen molar-refractivity contribution in [2.24, 2.45) is 10.9 Å². The maximum Gasteiger partial charge on any atom is 0.491 e. The molecule has 0 bridgehead atoms. The molecular weight excluding hydrogens is 355 g/mol. The molecule has 0 radical (unpaired) electrons. The Morgan fingerprint density at radius 2 is 1.71 bits per heavy atom. The van der Waals surface area contributed by atoms with Gasteiger partial charge >= 0.3 is 7.12 Å². The first-order chi connectivity index (χ1) is 13.3. The number of nitrogens with zero attached hydrogens (tertiary/aromatic N) is 1. The first-order valence-electron chi connectivity index (χ1n) is 10.8. The van der Waals surface area contributed by atoms with E-state index in [1.165, 1.54) is 6.42 Å². The van der Waals surface area contributed by atoms with Crippen molar-refractivity contribution in [2.75, 3.05) is 13.2 Å². The Labute approximate surface area is 168 Å². The van der Waals surface area contributed by atoms with E-state index < -0.39 is 7.12 Å². The molecule has 0 spiro atoms. The quantitative estimate of drug-likeness (QED) is 0.755. The second-order valence-corrected chi connectivity index (χ2v) is 9.57. The smallest absolute Gasteiger partial charge is 0.400 e. The molecule has 7 heteroatoms. The largest absolute Gasteiger partial charge is 0.491 e. The summed E-state index contributed by atoms with van der Waals surface area (Å²) in [6.07, 6.45) is 8.13. The van der Waals surface area contributed by atoms with Gasteiger partial charge in [-0.1, -0.05) is 12.8 Å². The van der Waals surface area contributed by atoms with Crippen molar-refractivity contribution in [2.45, 2.75) is 89.5 Å². The molecule has 28 heavy (non-hydrogen) atoms. The second-order valence-electron chi connectivity index (χ2n) is 9.57. The molecule has 2 atom stereocenters. The molecule has 1 amide bonds. The lowest BCUT2D eigenvalue weighted by atomic mass is 9.63. The molecule has 3 heterocycles. The van der Waals surface area contributed by atoms with E-state index >= 15 is 0 Å². The predicted octanol–water partition coefficient (Wildman–Crippen LogP) is 2.85. The molecule has 0 aromatic carbocycles. The minimum atomic E-state index is -0.406. The third-order valence-electron chi connectivity index (χ3n) is 7.08. The molecule has 3 fully saturated rings. The molecule has 3 aliphatic heterocycles. The van der Waals surface area contributed by atoms with Crippen molar-refractivity contribution in [3.63, 3.8) is 0 Å². The number of carbonyl (C=O) groups is 1. The molecule has 2 saturated heterocycles.